The molecule has 9 heteroatoms. The number of carbonyl (C=O) groups is 1. The number of aromatic hydroxyl groups is 1. The third-order valence-corrected chi connectivity index (χ3v) is 7.75. The minimum Gasteiger partial charge on any atom is -0.507 e. The van der Waals surface area contributed by atoms with Crippen LogP contribution in [-0.2, 0) is 14.8 Å². The molecular formula is C21H26N2O5S2. The van der Waals surface area contributed by atoms with Crippen LogP contribution in [0.1, 0.15) is 12.5 Å². The summed E-state index contributed by atoms with van der Waals surface area (Å²) in [5.41, 5.74) is 0.756. The number of sulfonamides is 1. The fourth-order valence-electron chi connectivity index (χ4n) is 3.18. The number of hydrogen-bond donors (Lipinski definition) is 1. The van der Waals surface area contributed by atoms with Gasteiger partial charge in [-0.25, -0.2) is 8.42 Å². The smallest absolute Gasteiger partial charge is 0.246 e. The lowest BCUT2D eigenvalue weighted by molar-refractivity contribution is -0.129. The highest BCUT2D eigenvalue weighted by molar-refractivity contribution is 8.00. The van der Waals surface area contributed by atoms with Crippen LogP contribution in [0.25, 0.3) is 0 Å². The van der Waals surface area contributed by atoms with Gasteiger partial charge in [-0.05, 0) is 55.8 Å². The predicted molar refractivity (Wildman–Crippen MR) is 117 cm³/mol. The number of rotatable bonds is 7. The Labute approximate surface area is 181 Å². The molecule has 30 heavy (non-hydrogen) atoms. The summed E-state index contributed by atoms with van der Waals surface area (Å²) in [6.07, 6.45) is 0. The number of piperazine rings is 1. The maximum Gasteiger partial charge on any atom is 0.246 e. The average Bonchev–Trinajstić information content (AvgIpc) is 2.75. The second-order valence-electron chi connectivity index (χ2n) is 6.95. The van der Waals surface area contributed by atoms with Crippen LogP contribution in [0.4, 0.5) is 0 Å². The Bertz CT molecular complexity index is 985. The van der Waals surface area contributed by atoms with E-state index in [9.17, 15) is 18.3 Å². The molecule has 162 valence electrons. The highest BCUT2D eigenvalue weighted by Crippen LogP contribution is 2.28. The van der Waals surface area contributed by atoms with Crippen molar-refractivity contribution in [2.75, 3.05) is 38.5 Å². The first-order chi connectivity index (χ1) is 14.3. The van der Waals surface area contributed by atoms with Gasteiger partial charge in [0.2, 0.25) is 15.9 Å². The van der Waals surface area contributed by atoms with Gasteiger partial charge in [-0.15, -0.1) is 11.8 Å². The molecule has 0 bridgehead atoms. The largest absolute Gasteiger partial charge is 0.507 e. The van der Waals surface area contributed by atoms with E-state index in [1.54, 1.807) is 17.9 Å². The Hall–Kier alpha value is -2.23. The van der Waals surface area contributed by atoms with Crippen LogP contribution in [0, 0.1) is 6.92 Å². The minimum atomic E-state index is -3.80. The highest BCUT2D eigenvalue weighted by Gasteiger charge is 2.31. The molecule has 7 nitrogen and oxygen atoms in total. The number of nitrogens with zero attached hydrogens (tertiary/aromatic N) is 2. The van der Waals surface area contributed by atoms with Crippen LogP contribution < -0.4 is 4.74 Å². The van der Waals surface area contributed by atoms with E-state index in [4.69, 9.17) is 4.74 Å². The summed E-state index contributed by atoms with van der Waals surface area (Å²) in [6.45, 7) is 5.37. The first kappa shape index (κ1) is 22.5. The van der Waals surface area contributed by atoms with E-state index in [1.165, 1.54) is 28.2 Å². The molecule has 0 radical (unpaired) electrons. The van der Waals surface area contributed by atoms with E-state index in [0.717, 1.165) is 16.2 Å². The minimum absolute atomic E-state index is 0.0238. The van der Waals surface area contributed by atoms with Crippen molar-refractivity contribution in [2.45, 2.75) is 23.6 Å². The van der Waals surface area contributed by atoms with E-state index >= 15 is 0 Å². The molecule has 0 spiro atoms. The third kappa shape index (κ3) is 5.27. The Kier molecular flexibility index (Phi) is 7.27. The lowest BCUT2D eigenvalue weighted by atomic mass is 10.2. The van der Waals surface area contributed by atoms with E-state index in [2.05, 4.69) is 0 Å². The van der Waals surface area contributed by atoms with Crippen LogP contribution in [0.2, 0.25) is 0 Å². The maximum absolute atomic E-state index is 12.9. The van der Waals surface area contributed by atoms with Crippen LogP contribution in [0.3, 0.4) is 0 Å². The van der Waals surface area contributed by atoms with Gasteiger partial charge < -0.3 is 14.7 Å². The quantitative estimate of drug-likeness (QED) is 0.653. The van der Waals surface area contributed by atoms with E-state index < -0.39 is 10.0 Å². The van der Waals surface area contributed by atoms with Crippen LogP contribution in [0.5, 0.6) is 11.5 Å². The standard InChI is InChI=1S/C21H26N2O5S2/c1-3-28-17-5-7-18(8-6-17)29-15-21(25)22-10-12-23(13-11-22)30(26,27)20-14-16(2)4-9-19(20)24/h4-9,14,24H,3,10-13,15H2,1-2H3. The van der Waals surface area contributed by atoms with E-state index in [-0.39, 0.29) is 29.6 Å². The number of phenolic OH excluding ortho intramolecular Hbond substituents is 1. The Morgan fingerprint density at radius 3 is 2.40 bits per heavy atom. The molecule has 1 fully saturated rings. The molecule has 0 saturated carbocycles. The van der Waals surface area contributed by atoms with E-state index in [1.807, 2.05) is 31.2 Å². The number of hydrogen-bond acceptors (Lipinski definition) is 6. The Morgan fingerprint density at radius 1 is 1.10 bits per heavy atom. The fraction of sp³-hybridized carbons (Fsp3) is 0.381. The molecule has 1 heterocycles. The van der Waals surface area contributed by atoms with Gasteiger partial charge in [0.1, 0.15) is 16.4 Å². The number of carbonyl (C=O) groups excluding carboxylic acids is 1. The van der Waals surface area contributed by atoms with Crippen molar-refractivity contribution in [3.05, 3.63) is 48.0 Å². The molecule has 1 N–H and O–H groups in total. The molecule has 0 aromatic heterocycles. The number of benzene rings is 2. The fourth-order valence-corrected chi connectivity index (χ4v) is 5.57. The van der Waals surface area contributed by atoms with Crippen molar-refractivity contribution in [1.82, 2.24) is 9.21 Å². The second kappa shape index (κ2) is 9.72. The second-order valence-corrected chi connectivity index (χ2v) is 9.90. The normalized spacial score (nSPS) is 15.2. The molecule has 1 amide bonds. The molecule has 1 aliphatic rings. The number of ether oxygens (including phenoxy) is 1. The molecule has 2 aromatic carbocycles. The summed E-state index contributed by atoms with van der Waals surface area (Å²) >= 11 is 1.44. The lowest BCUT2D eigenvalue weighted by Crippen LogP contribution is -2.51. The molecule has 3 rings (SSSR count). The lowest BCUT2D eigenvalue weighted by Gasteiger charge is -2.34. The van der Waals surface area contributed by atoms with Crippen molar-refractivity contribution in [3.8, 4) is 11.5 Å². The molecule has 0 unspecified atom stereocenters. The van der Waals surface area contributed by atoms with E-state index in [0.29, 0.717) is 25.4 Å². The summed E-state index contributed by atoms with van der Waals surface area (Å²) in [7, 11) is -3.80. The van der Waals surface area contributed by atoms with Crippen molar-refractivity contribution < 1.29 is 23.1 Å². The van der Waals surface area contributed by atoms with Crippen molar-refractivity contribution in [1.29, 1.82) is 0 Å². The summed E-state index contributed by atoms with van der Waals surface area (Å²) in [5.74, 6) is 0.805. The predicted octanol–water partition coefficient (Wildman–Crippen LogP) is 2.72. The van der Waals surface area contributed by atoms with Crippen molar-refractivity contribution >= 4 is 27.7 Å². The van der Waals surface area contributed by atoms with Crippen LogP contribution in [-0.4, -0.2) is 67.2 Å². The average molecular weight is 451 g/mol. The van der Waals surface area contributed by atoms with Crippen molar-refractivity contribution in [2.24, 2.45) is 0 Å². The van der Waals surface area contributed by atoms with Gasteiger partial charge in [-0.1, -0.05) is 6.07 Å². The van der Waals surface area contributed by atoms with Gasteiger partial charge >= 0.3 is 0 Å². The maximum atomic E-state index is 12.9. The SMILES string of the molecule is CCOc1ccc(SCC(=O)N2CCN(S(=O)(=O)c3cc(C)ccc3O)CC2)cc1. The highest BCUT2D eigenvalue weighted by atomic mass is 32.2. The third-order valence-electron chi connectivity index (χ3n) is 4.82. The molecular weight excluding hydrogens is 424 g/mol. The first-order valence-corrected chi connectivity index (χ1v) is 12.2. The monoisotopic (exact) mass is 450 g/mol. The van der Waals surface area contributed by atoms with Gasteiger partial charge in [0, 0.05) is 31.1 Å². The van der Waals surface area contributed by atoms with Crippen molar-refractivity contribution in [3.63, 3.8) is 0 Å². The Morgan fingerprint density at radius 2 is 1.77 bits per heavy atom. The Balaban J connectivity index is 1.54. The first-order valence-electron chi connectivity index (χ1n) is 9.74. The van der Waals surface area contributed by atoms with Gasteiger partial charge in [0.05, 0.1) is 12.4 Å². The van der Waals surface area contributed by atoms with Gasteiger partial charge in [0.15, 0.2) is 0 Å². The van der Waals surface area contributed by atoms with Gasteiger partial charge in [0.25, 0.3) is 0 Å². The number of aryl methyl sites for hydroxylation is 1. The van der Waals surface area contributed by atoms with Crippen LogP contribution >= 0.6 is 11.8 Å². The summed E-state index contributed by atoms with van der Waals surface area (Å²) in [6, 6.07) is 12.1. The number of thioether (sulfide) groups is 1. The molecule has 0 aliphatic carbocycles. The zero-order valence-corrected chi connectivity index (χ0v) is 18.7. The zero-order chi connectivity index (χ0) is 21.7. The molecule has 1 aliphatic heterocycles. The van der Waals surface area contributed by atoms with Crippen LogP contribution in [0.15, 0.2) is 52.3 Å². The van der Waals surface area contributed by atoms with Gasteiger partial charge in [-0.2, -0.15) is 4.31 Å². The zero-order valence-electron chi connectivity index (χ0n) is 17.1. The van der Waals surface area contributed by atoms with Gasteiger partial charge in [-0.3, -0.25) is 4.79 Å². The molecule has 1 saturated heterocycles. The summed E-state index contributed by atoms with van der Waals surface area (Å²) in [4.78, 5) is 15.1. The summed E-state index contributed by atoms with van der Waals surface area (Å²) < 4.78 is 32.5. The number of phenols is 1. The molecule has 2 aromatic rings. The summed E-state index contributed by atoms with van der Waals surface area (Å²) in [5, 5.41) is 9.99. The molecule has 0 atom stereocenters. The topological polar surface area (TPSA) is 87.2 Å². The number of amides is 1.